The molecule has 0 bridgehead atoms. The number of carbonyl (C=O) groups is 1. The van der Waals surface area contributed by atoms with Gasteiger partial charge in [-0.1, -0.05) is 31.2 Å². The number of aryl methyl sites for hydroxylation is 1. The van der Waals surface area contributed by atoms with Crippen molar-refractivity contribution >= 4 is 11.6 Å². The Labute approximate surface area is 152 Å². The molecular formula is C19H15F4N3O. The summed E-state index contributed by atoms with van der Waals surface area (Å²) in [7, 11) is 0. The highest BCUT2D eigenvalue weighted by Gasteiger charge is 2.30. The topological polar surface area (TPSA) is 57.8 Å². The molecule has 1 amide bonds. The van der Waals surface area contributed by atoms with Crippen molar-refractivity contribution < 1.29 is 22.4 Å². The number of nitrogens with one attached hydrogen (secondary N) is 2. The van der Waals surface area contributed by atoms with Gasteiger partial charge in [-0.15, -0.1) is 0 Å². The molecule has 0 aliphatic rings. The fourth-order valence-corrected chi connectivity index (χ4v) is 2.62. The zero-order valence-electron chi connectivity index (χ0n) is 14.2. The first-order valence-electron chi connectivity index (χ1n) is 8.12. The standard InChI is InChI=1S/C19H15F4N3O/c1-2-15-17(24-18(27)13-5-3-4-6-14(13)20)16(26-25-15)11-7-9-12(10-8-11)19(21,22)23/h3-10H,2H2,1H3,(H,24,27)(H,25,26). The van der Waals surface area contributed by atoms with Crippen LogP contribution in [-0.4, -0.2) is 16.1 Å². The van der Waals surface area contributed by atoms with Gasteiger partial charge in [-0.3, -0.25) is 9.89 Å². The second kappa shape index (κ2) is 7.22. The maximum atomic E-state index is 13.8. The highest BCUT2D eigenvalue weighted by molar-refractivity contribution is 6.06. The van der Waals surface area contributed by atoms with E-state index in [0.717, 1.165) is 12.1 Å². The van der Waals surface area contributed by atoms with Crippen LogP contribution in [0.15, 0.2) is 48.5 Å². The minimum atomic E-state index is -4.44. The Balaban J connectivity index is 1.96. The number of benzene rings is 2. The first kappa shape index (κ1) is 18.6. The Morgan fingerprint density at radius 1 is 1.11 bits per heavy atom. The minimum absolute atomic E-state index is 0.140. The average molecular weight is 377 g/mol. The summed E-state index contributed by atoms with van der Waals surface area (Å²) in [5.41, 5.74) is 0.640. The number of aromatic amines is 1. The van der Waals surface area contributed by atoms with Crippen LogP contribution in [0.3, 0.4) is 0 Å². The van der Waals surface area contributed by atoms with Crippen molar-refractivity contribution in [3.63, 3.8) is 0 Å². The molecule has 0 aliphatic heterocycles. The number of aromatic nitrogens is 2. The van der Waals surface area contributed by atoms with E-state index in [1.54, 1.807) is 0 Å². The molecule has 1 aromatic heterocycles. The van der Waals surface area contributed by atoms with Gasteiger partial charge in [-0.25, -0.2) is 4.39 Å². The van der Waals surface area contributed by atoms with Crippen LogP contribution >= 0.6 is 0 Å². The number of halogens is 4. The van der Waals surface area contributed by atoms with Crippen LogP contribution in [0.2, 0.25) is 0 Å². The molecule has 0 radical (unpaired) electrons. The molecule has 0 atom stereocenters. The summed E-state index contributed by atoms with van der Waals surface area (Å²) in [6, 6.07) is 9.94. The van der Waals surface area contributed by atoms with Gasteiger partial charge in [0.2, 0.25) is 0 Å². The van der Waals surface area contributed by atoms with Gasteiger partial charge < -0.3 is 5.32 Å². The van der Waals surface area contributed by atoms with E-state index >= 15 is 0 Å². The summed E-state index contributed by atoms with van der Waals surface area (Å²) in [6.07, 6.45) is -3.96. The van der Waals surface area contributed by atoms with E-state index in [2.05, 4.69) is 15.5 Å². The summed E-state index contributed by atoms with van der Waals surface area (Å²) >= 11 is 0. The summed E-state index contributed by atoms with van der Waals surface area (Å²) in [6.45, 7) is 1.82. The highest BCUT2D eigenvalue weighted by atomic mass is 19.4. The lowest BCUT2D eigenvalue weighted by Gasteiger charge is -2.10. The molecule has 0 saturated carbocycles. The lowest BCUT2D eigenvalue weighted by molar-refractivity contribution is -0.137. The zero-order chi connectivity index (χ0) is 19.6. The normalized spacial score (nSPS) is 11.4. The van der Waals surface area contributed by atoms with Crippen LogP contribution in [0.25, 0.3) is 11.3 Å². The number of carbonyl (C=O) groups excluding carboxylic acids is 1. The number of anilines is 1. The molecule has 3 rings (SSSR count). The number of nitrogens with zero attached hydrogens (tertiary/aromatic N) is 1. The number of hydrogen-bond donors (Lipinski definition) is 2. The third kappa shape index (κ3) is 3.84. The number of hydrogen-bond acceptors (Lipinski definition) is 2. The number of rotatable bonds is 4. The van der Waals surface area contributed by atoms with E-state index in [-0.39, 0.29) is 11.3 Å². The van der Waals surface area contributed by atoms with Crippen molar-refractivity contribution in [3.05, 3.63) is 71.2 Å². The van der Waals surface area contributed by atoms with Crippen molar-refractivity contribution in [2.45, 2.75) is 19.5 Å². The molecule has 4 nitrogen and oxygen atoms in total. The summed E-state index contributed by atoms with van der Waals surface area (Å²) < 4.78 is 52.1. The molecule has 0 spiro atoms. The predicted octanol–water partition coefficient (Wildman–Crippen LogP) is 5.05. The van der Waals surface area contributed by atoms with Gasteiger partial charge in [0.1, 0.15) is 11.5 Å². The van der Waals surface area contributed by atoms with E-state index in [0.29, 0.717) is 23.4 Å². The van der Waals surface area contributed by atoms with Crippen molar-refractivity contribution in [1.82, 2.24) is 10.2 Å². The van der Waals surface area contributed by atoms with Crippen molar-refractivity contribution in [1.29, 1.82) is 0 Å². The van der Waals surface area contributed by atoms with E-state index in [4.69, 9.17) is 0 Å². The molecule has 140 valence electrons. The average Bonchev–Trinajstić information content (AvgIpc) is 3.04. The molecule has 1 heterocycles. The second-order valence-electron chi connectivity index (χ2n) is 5.79. The van der Waals surface area contributed by atoms with Gasteiger partial charge in [0.05, 0.1) is 22.5 Å². The predicted molar refractivity (Wildman–Crippen MR) is 92.8 cm³/mol. The Kier molecular flexibility index (Phi) is 4.98. The van der Waals surface area contributed by atoms with Gasteiger partial charge >= 0.3 is 6.18 Å². The van der Waals surface area contributed by atoms with E-state index in [9.17, 15) is 22.4 Å². The molecule has 27 heavy (non-hydrogen) atoms. The van der Waals surface area contributed by atoms with Gasteiger partial charge in [0, 0.05) is 5.56 Å². The van der Waals surface area contributed by atoms with Crippen molar-refractivity contribution in [2.75, 3.05) is 5.32 Å². The number of alkyl halides is 3. The maximum absolute atomic E-state index is 13.8. The SMILES string of the molecule is CCc1[nH]nc(-c2ccc(C(F)(F)F)cc2)c1NC(=O)c1ccccc1F. The smallest absolute Gasteiger partial charge is 0.318 e. The maximum Gasteiger partial charge on any atom is 0.416 e. The molecule has 0 fully saturated rings. The van der Waals surface area contributed by atoms with Crippen LogP contribution in [0, 0.1) is 5.82 Å². The first-order valence-corrected chi connectivity index (χ1v) is 8.12. The second-order valence-corrected chi connectivity index (χ2v) is 5.79. The van der Waals surface area contributed by atoms with E-state index < -0.39 is 23.5 Å². The Hall–Kier alpha value is -3.16. The summed E-state index contributed by atoms with van der Waals surface area (Å²) in [4.78, 5) is 12.4. The third-order valence-corrected chi connectivity index (χ3v) is 4.04. The Morgan fingerprint density at radius 3 is 2.37 bits per heavy atom. The quantitative estimate of drug-likeness (QED) is 0.625. The van der Waals surface area contributed by atoms with Crippen LogP contribution in [0.1, 0.15) is 28.5 Å². The summed E-state index contributed by atoms with van der Waals surface area (Å²) in [5, 5.41) is 9.48. The molecular weight excluding hydrogens is 362 g/mol. The van der Waals surface area contributed by atoms with E-state index in [1.165, 1.54) is 36.4 Å². The largest absolute Gasteiger partial charge is 0.416 e. The summed E-state index contributed by atoms with van der Waals surface area (Å²) in [5.74, 6) is -1.34. The number of amides is 1. The molecule has 0 saturated heterocycles. The molecule has 3 aromatic rings. The molecule has 0 unspecified atom stereocenters. The third-order valence-electron chi connectivity index (χ3n) is 4.04. The minimum Gasteiger partial charge on any atom is -0.318 e. The lowest BCUT2D eigenvalue weighted by Crippen LogP contribution is -2.15. The fraction of sp³-hybridized carbons (Fsp3) is 0.158. The first-order chi connectivity index (χ1) is 12.8. The molecule has 8 heteroatoms. The fourth-order valence-electron chi connectivity index (χ4n) is 2.62. The highest BCUT2D eigenvalue weighted by Crippen LogP contribution is 2.33. The van der Waals surface area contributed by atoms with Gasteiger partial charge in [-0.05, 0) is 30.7 Å². The number of H-pyrrole nitrogens is 1. The van der Waals surface area contributed by atoms with Crippen molar-refractivity contribution in [3.8, 4) is 11.3 Å². The van der Waals surface area contributed by atoms with Crippen LogP contribution < -0.4 is 5.32 Å². The van der Waals surface area contributed by atoms with E-state index in [1.807, 2.05) is 6.92 Å². The molecule has 0 aliphatic carbocycles. The van der Waals surface area contributed by atoms with Crippen LogP contribution in [0.5, 0.6) is 0 Å². The van der Waals surface area contributed by atoms with Gasteiger partial charge in [0.25, 0.3) is 5.91 Å². The van der Waals surface area contributed by atoms with Crippen molar-refractivity contribution in [2.24, 2.45) is 0 Å². The lowest BCUT2D eigenvalue weighted by atomic mass is 10.1. The molecule has 2 N–H and O–H groups in total. The van der Waals surface area contributed by atoms with Crippen LogP contribution in [-0.2, 0) is 12.6 Å². The Bertz CT molecular complexity index is 962. The van der Waals surface area contributed by atoms with Crippen LogP contribution in [0.4, 0.5) is 23.2 Å². The molecule has 2 aromatic carbocycles. The monoisotopic (exact) mass is 377 g/mol. The Morgan fingerprint density at radius 2 is 1.78 bits per heavy atom. The van der Waals surface area contributed by atoms with Gasteiger partial charge in [-0.2, -0.15) is 18.3 Å². The zero-order valence-corrected chi connectivity index (χ0v) is 14.2. The van der Waals surface area contributed by atoms with Gasteiger partial charge in [0.15, 0.2) is 0 Å².